The first kappa shape index (κ1) is 14.9. The fourth-order valence-corrected chi connectivity index (χ4v) is 1.59. The lowest BCUT2D eigenvalue weighted by Crippen LogP contribution is -2.44. The molecule has 0 heterocycles. The van der Waals surface area contributed by atoms with Gasteiger partial charge < -0.3 is 5.73 Å². The van der Waals surface area contributed by atoms with Gasteiger partial charge in [-0.3, -0.25) is 5.01 Å². The summed E-state index contributed by atoms with van der Waals surface area (Å²) in [5.41, 5.74) is 7.08. The minimum absolute atomic E-state index is 0.0971. The van der Waals surface area contributed by atoms with E-state index in [0.29, 0.717) is 21.6 Å². The predicted molar refractivity (Wildman–Crippen MR) is 73.7 cm³/mol. The van der Waals surface area contributed by atoms with Crippen LogP contribution in [-0.4, -0.2) is 16.9 Å². The molecule has 0 aliphatic heterocycles. The van der Waals surface area contributed by atoms with Crippen LogP contribution < -0.4 is 11.6 Å². The van der Waals surface area contributed by atoms with Crippen LogP contribution in [0.5, 0.6) is 0 Å². The lowest BCUT2D eigenvalue weighted by Gasteiger charge is -2.26. The molecule has 0 rings (SSSR count). The van der Waals surface area contributed by atoms with Crippen molar-refractivity contribution in [3.63, 3.8) is 0 Å². The summed E-state index contributed by atoms with van der Waals surface area (Å²) in [5.74, 6) is 6.47. The van der Waals surface area contributed by atoms with E-state index >= 15 is 0 Å². The molecule has 0 spiro atoms. The lowest BCUT2D eigenvalue weighted by molar-refractivity contribution is 0.364. The van der Waals surface area contributed by atoms with Gasteiger partial charge in [-0.1, -0.05) is 29.1 Å². The molecule has 0 aliphatic rings. The second-order valence-corrected chi connectivity index (χ2v) is 4.56. The normalized spacial score (nSPS) is 13.5. The number of nitrogens with zero attached hydrogens (tertiary/aromatic N) is 2. The van der Waals surface area contributed by atoms with Crippen LogP contribution in [0.1, 0.15) is 20.8 Å². The number of rotatable bonds is 4. The largest absolute Gasteiger partial charge is 0.402 e. The molecule has 4 nitrogen and oxygen atoms in total. The first-order chi connectivity index (χ1) is 7.32. The van der Waals surface area contributed by atoms with Gasteiger partial charge in [-0.25, -0.2) is 10.8 Å². The van der Waals surface area contributed by atoms with E-state index in [4.69, 9.17) is 11.6 Å². The third-order valence-corrected chi connectivity index (χ3v) is 2.30. The molecular formula is C11H19BrN4. The van der Waals surface area contributed by atoms with E-state index < -0.39 is 0 Å². The first-order valence-corrected chi connectivity index (χ1v) is 5.66. The number of amidine groups is 1. The Morgan fingerprint density at radius 1 is 1.50 bits per heavy atom. The van der Waals surface area contributed by atoms with E-state index in [1.54, 1.807) is 6.92 Å². The first-order valence-electron chi connectivity index (χ1n) is 4.87. The second kappa shape index (κ2) is 6.50. The lowest BCUT2D eigenvalue weighted by atomic mass is 10.1. The number of nitrogens with two attached hydrogens (primary N) is 2. The quantitative estimate of drug-likeness (QED) is 0.274. The Kier molecular flexibility index (Phi) is 6.06. The number of aliphatic imine (C=N–C) groups is 1. The van der Waals surface area contributed by atoms with Gasteiger partial charge in [0, 0.05) is 22.4 Å². The zero-order chi connectivity index (χ0) is 12.9. The summed E-state index contributed by atoms with van der Waals surface area (Å²) in [4.78, 5) is 4.14. The van der Waals surface area contributed by atoms with Gasteiger partial charge in [0.15, 0.2) is 5.84 Å². The summed E-state index contributed by atoms with van der Waals surface area (Å²) in [6, 6.07) is 0.0971. The molecule has 0 saturated heterocycles. The molecule has 4 N–H and O–H groups in total. The average Bonchev–Trinajstić information content (AvgIpc) is 2.14. The van der Waals surface area contributed by atoms with Crippen LogP contribution >= 0.6 is 15.9 Å². The molecule has 0 aromatic carbocycles. The number of allylic oxidation sites excluding steroid dienone is 1. The fourth-order valence-electron chi connectivity index (χ4n) is 1.10. The minimum Gasteiger partial charge on any atom is -0.402 e. The summed E-state index contributed by atoms with van der Waals surface area (Å²) in [6.07, 6.45) is 1.43. The van der Waals surface area contributed by atoms with Gasteiger partial charge in [-0.15, -0.1) is 0 Å². The van der Waals surface area contributed by atoms with Crippen LogP contribution in [0.15, 0.2) is 40.1 Å². The van der Waals surface area contributed by atoms with Gasteiger partial charge >= 0.3 is 0 Å². The zero-order valence-corrected chi connectivity index (χ0v) is 11.6. The molecule has 0 amide bonds. The molecule has 0 bridgehead atoms. The molecular weight excluding hydrogens is 268 g/mol. The van der Waals surface area contributed by atoms with Crippen molar-refractivity contribution in [3.8, 4) is 0 Å². The molecule has 0 aliphatic carbocycles. The number of hydrogen-bond acceptors (Lipinski definition) is 3. The van der Waals surface area contributed by atoms with Gasteiger partial charge in [0.2, 0.25) is 0 Å². The monoisotopic (exact) mass is 286 g/mol. The Hall–Kier alpha value is -1.07. The molecule has 90 valence electrons. The molecule has 0 fully saturated rings. The van der Waals surface area contributed by atoms with Crippen molar-refractivity contribution >= 4 is 21.8 Å². The van der Waals surface area contributed by atoms with E-state index in [-0.39, 0.29) is 6.04 Å². The van der Waals surface area contributed by atoms with Crippen LogP contribution in [0.2, 0.25) is 0 Å². The average molecular weight is 287 g/mol. The number of hydrazine groups is 1. The predicted octanol–water partition coefficient (Wildman–Crippen LogP) is 2.25. The Morgan fingerprint density at radius 2 is 2.00 bits per heavy atom. The van der Waals surface area contributed by atoms with Crippen molar-refractivity contribution in [2.45, 2.75) is 26.8 Å². The minimum atomic E-state index is 0.0971. The van der Waals surface area contributed by atoms with Crippen molar-refractivity contribution in [1.82, 2.24) is 5.01 Å². The highest BCUT2D eigenvalue weighted by molar-refractivity contribution is 9.12. The Morgan fingerprint density at radius 3 is 2.25 bits per heavy atom. The summed E-state index contributed by atoms with van der Waals surface area (Å²) in [5, 5.41) is 1.53. The molecule has 16 heavy (non-hydrogen) atoms. The van der Waals surface area contributed by atoms with E-state index in [9.17, 15) is 0 Å². The van der Waals surface area contributed by atoms with Gasteiger partial charge in [-0.05, 0) is 20.8 Å². The highest BCUT2D eigenvalue weighted by atomic mass is 79.9. The van der Waals surface area contributed by atoms with Crippen LogP contribution in [0.25, 0.3) is 0 Å². The highest BCUT2D eigenvalue weighted by Crippen LogP contribution is 2.20. The zero-order valence-electron chi connectivity index (χ0n) is 10.00. The van der Waals surface area contributed by atoms with Crippen LogP contribution in [0.3, 0.4) is 0 Å². The van der Waals surface area contributed by atoms with Crippen LogP contribution in [0.4, 0.5) is 0 Å². The standard InChI is InChI=1S/C11H19BrN4/c1-6-15-11(16(14)7(2)3)10(8(4)12)9(5)13/h6-7H,1,4,13-14H2,2-3,5H3/b10-9+,15-11?. The van der Waals surface area contributed by atoms with E-state index in [2.05, 4.69) is 34.1 Å². The third-order valence-electron chi connectivity index (χ3n) is 1.90. The smallest absolute Gasteiger partial charge is 0.152 e. The molecule has 0 saturated carbocycles. The van der Waals surface area contributed by atoms with Gasteiger partial charge in [0.05, 0.1) is 5.57 Å². The van der Waals surface area contributed by atoms with Crippen molar-refractivity contribution in [3.05, 3.63) is 35.1 Å². The maximum Gasteiger partial charge on any atom is 0.152 e. The Labute approximate surface area is 105 Å². The molecule has 0 atom stereocenters. The second-order valence-electron chi connectivity index (χ2n) is 3.60. The van der Waals surface area contributed by atoms with Gasteiger partial charge in [0.1, 0.15) is 0 Å². The molecule has 0 radical (unpaired) electrons. The SMILES string of the molecule is C=CN=C(/C(C(=C)Br)=C(\C)N)N(N)C(C)C. The van der Waals surface area contributed by atoms with Crippen molar-refractivity contribution < 1.29 is 0 Å². The Balaban J connectivity index is 5.54. The van der Waals surface area contributed by atoms with Crippen LogP contribution in [-0.2, 0) is 0 Å². The maximum absolute atomic E-state index is 5.93. The highest BCUT2D eigenvalue weighted by Gasteiger charge is 2.18. The van der Waals surface area contributed by atoms with Crippen LogP contribution in [0, 0.1) is 0 Å². The topological polar surface area (TPSA) is 67.6 Å². The van der Waals surface area contributed by atoms with E-state index in [0.717, 1.165) is 0 Å². The Bertz CT molecular complexity index is 338. The number of halogens is 1. The molecule has 0 aromatic rings. The molecule has 0 unspecified atom stereocenters. The summed E-state index contributed by atoms with van der Waals surface area (Å²) in [7, 11) is 0. The fraction of sp³-hybridized carbons (Fsp3) is 0.364. The third kappa shape index (κ3) is 3.83. The summed E-state index contributed by atoms with van der Waals surface area (Å²) in [6.45, 7) is 13.1. The van der Waals surface area contributed by atoms with Gasteiger partial charge in [0.25, 0.3) is 0 Å². The molecule has 0 aromatic heterocycles. The van der Waals surface area contributed by atoms with Crippen molar-refractivity contribution in [2.75, 3.05) is 0 Å². The summed E-state index contributed by atoms with van der Waals surface area (Å²) >= 11 is 3.30. The maximum atomic E-state index is 5.93. The van der Waals surface area contributed by atoms with Gasteiger partial charge in [-0.2, -0.15) is 0 Å². The van der Waals surface area contributed by atoms with E-state index in [1.165, 1.54) is 11.2 Å². The van der Waals surface area contributed by atoms with E-state index in [1.807, 2.05) is 13.8 Å². The van der Waals surface area contributed by atoms with Crippen molar-refractivity contribution in [2.24, 2.45) is 16.6 Å². The molecule has 5 heteroatoms. The number of hydrogen-bond donors (Lipinski definition) is 2. The van der Waals surface area contributed by atoms with Crippen molar-refractivity contribution in [1.29, 1.82) is 0 Å². The summed E-state index contributed by atoms with van der Waals surface area (Å²) < 4.78 is 0.643.